The van der Waals surface area contributed by atoms with Crippen LogP contribution in [0.2, 0.25) is 0 Å². The molecule has 10 nitrogen and oxygen atoms in total. The van der Waals surface area contributed by atoms with Crippen molar-refractivity contribution in [1.82, 2.24) is 40.2 Å². The molecule has 35 heavy (non-hydrogen) atoms. The zero-order valence-electron chi connectivity index (χ0n) is 19.7. The van der Waals surface area contributed by atoms with Gasteiger partial charge in [0.1, 0.15) is 11.6 Å². The molecule has 1 aliphatic carbocycles. The number of pyridine rings is 1. The van der Waals surface area contributed by atoms with Gasteiger partial charge >= 0.3 is 0 Å². The Bertz CT molecular complexity index is 1340. The molecule has 11 heteroatoms. The summed E-state index contributed by atoms with van der Waals surface area (Å²) in [4.78, 5) is 26.4. The predicted molar refractivity (Wildman–Crippen MR) is 127 cm³/mol. The molecule has 0 aliphatic heterocycles. The smallest absolute Gasteiger partial charge is 0.223 e. The highest BCUT2D eigenvalue weighted by Crippen LogP contribution is 2.41. The van der Waals surface area contributed by atoms with Crippen molar-refractivity contribution in [2.75, 3.05) is 5.32 Å². The first-order valence-corrected chi connectivity index (χ1v) is 11.5. The number of anilines is 2. The van der Waals surface area contributed by atoms with Crippen molar-refractivity contribution < 1.29 is 9.18 Å². The lowest BCUT2D eigenvalue weighted by Gasteiger charge is -2.34. The Morgan fingerprint density at radius 1 is 1.17 bits per heavy atom. The van der Waals surface area contributed by atoms with Gasteiger partial charge < -0.3 is 10.6 Å². The number of nitrogens with one attached hydrogen (secondary N) is 3. The van der Waals surface area contributed by atoms with Crippen LogP contribution in [-0.4, -0.2) is 40.8 Å². The Balaban J connectivity index is 1.16. The van der Waals surface area contributed by atoms with Gasteiger partial charge in [-0.1, -0.05) is 6.07 Å². The molecule has 1 atom stereocenters. The zero-order valence-corrected chi connectivity index (χ0v) is 19.7. The molecule has 0 spiro atoms. The molecule has 4 aromatic rings. The lowest BCUT2D eigenvalue weighted by molar-refractivity contribution is -0.128. The summed E-state index contributed by atoms with van der Waals surface area (Å²) in [6.07, 6.45) is 5.45. The molecule has 4 aromatic heterocycles. The molecule has 0 aromatic carbocycles. The van der Waals surface area contributed by atoms with E-state index in [0.29, 0.717) is 30.3 Å². The highest BCUT2D eigenvalue weighted by molar-refractivity contribution is 5.80. The van der Waals surface area contributed by atoms with Crippen molar-refractivity contribution >= 4 is 17.5 Å². The lowest BCUT2D eigenvalue weighted by atomic mass is 9.73. The monoisotopic (exact) mass is 475 g/mol. The number of aromatic nitrogens is 7. The molecule has 5 rings (SSSR count). The number of H-pyrrole nitrogens is 1. The van der Waals surface area contributed by atoms with Crippen LogP contribution in [0.3, 0.4) is 0 Å². The van der Waals surface area contributed by atoms with Crippen molar-refractivity contribution in [1.29, 1.82) is 0 Å². The van der Waals surface area contributed by atoms with E-state index in [1.807, 2.05) is 39.0 Å². The highest BCUT2D eigenvalue weighted by atomic mass is 19.1. The molecule has 3 N–H and O–H groups in total. The summed E-state index contributed by atoms with van der Waals surface area (Å²) < 4.78 is 14.5. The number of halogens is 1. The van der Waals surface area contributed by atoms with E-state index in [9.17, 15) is 9.18 Å². The fraction of sp³-hybridized carbons (Fsp3) is 0.333. The van der Waals surface area contributed by atoms with Gasteiger partial charge in [0.05, 0.1) is 18.4 Å². The second-order valence-electron chi connectivity index (χ2n) is 8.96. The molecular formula is C24H26FN9O. The molecule has 0 bridgehead atoms. The summed E-state index contributed by atoms with van der Waals surface area (Å²) in [6.45, 7) is 5.78. The molecule has 4 heterocycles. The molecule has 1 aliphatic rings. The molecule has 1 fully saturated rings. The maximum atomic E-state index is 13.2. The van der Waals surface area contributed by atoms with Gasteiger partial charge in [0, 0.05) is 41.6 Å². The van der Waals surface area contributed by atoms with E-state index < -0.39 is 5.82 Å². The Kier molecular flexibility index (Phi) is 5.98. The third-order valence-electron chi connectivity index (χ3n) is 6.12. The number of rotatable bonds is 7. The van der Waals surface area contributed by atoms with Gasteiger partial charge in [-0.3, -0.25) is 9.89 Å². The Morgan fingerprint density at radius 3 is 2.66 bits per heavy atom. The fourth-order valence-electron chi connectivity index (χ4n) is 4.12. The summed E-state index contributed by atoms with van der Waals surface area (Å²) in [5.74, 6) is 2.27. The van der Waals surface area contributed by atoms with Crippen LogP contribution >= 0.6 is 0 Å². The third-order valence-corrected chi connectivity index (χ3v) is 6.12. The second-order valence-corrected chi connectivity index (χ2v) is 8.96. The van der Waals surface area contributed by atoms with E-state index in [1.54, 1.807) is 12.3 Å². The lowest BCUT2D eigenvalue weighted by Crippen LogP contribution is -2.39. The van der Waals surface area contributed by atoms with Crippen LogP contribution in [0.1, 0.15) is 54.5 Å². The number of aromatic amines is 1. The number of carbonyl (C=O) groups excluding carboxylic acids is 1. The van der Waals surface area contributed by atoms with E-state index >= 15 is 0 Å². The van der Waals surface area contributed by atoms with Crippen LogP contribution in [0.4, 0.5) is 16.0 Å². The Labute approximate surface area is 201 Å². The summed E-state index contributed by atoms with van der Waals surface area (Å²) in [6, 6.07) is 7.17. The maximum absolute atomic E-state index is 13.2. The van der Waals surface area contributed by atoms with E-state index in [4.69, 9.17) is 0 Å². The van der Waals surface area contributed by atoms with Crippen molar-refractivity contribution in [3.63, 3.8) is 0 Å². The quantitative estimate of drug-likeness (QED) is 0.372. The third kappa shape index (κ3) is 5.03. The van der Waals surface area contributed by atoms with Crippen LogP contribution in [0.25, 0.3) is 5.82 Å². The second kappa shape index (κ2) is 9.24. The van der Waals surface area contributed by atoms with Crippen LogP contribution in [0.5, 0.6) is 0 Å². The summed E-state index contributed by atoms with van der Waals surface area (Å²) in [5.41, 5.74) is 2.68. The van der Waals surface area contributed by atoms with Crippen LogP contribution in [0, 0.1) is 25.6 Å². The van der Waals surface area contributed by atoms with Crippen LogP contribution < -0.4 is 10.6 Å². The minimum atomic E-state index is -0.424. The first-order chi connectivity index (χ1) is 16.8. The molecule has 180 valence electrons. The summed E-state index contributed by atoms with van der Waals surface area (Å²) in [5, 5.41) is 17.3. The van der Waals surface area contributed by atoms with Gasteiger partial charge in [-0.25, -0.2) is 24.0 Å². The van der Waals surface area contributed by atoms with Crippen LogP contribution in [-0.2, 0) is 4.79 Å². The standard InChI is InChI=1S/C24H26FN9O/c1-13-6-20(30-21-7-14(2)32-33-21)31-23(28-13)17-8-18(9-17)24(35)29-15(3)16-4-5-22(26-10-16)34-12-19(25)11-27-34/h4-7,10-12,15,17-18H,8-9H2,1-3H3,(H,29,35)(H2,28,30,31,32,33)/t15-,17-,18-/m1/s1. The predicted octanol–water partition coefficient (Wildman–Crippen LogP) is 3.65. The van der Waals surface area contributed by atoms with Gasteiger partial charge in [-0.05, 0) is 45.2 Å². The highest BCUT2D eigenvalue weighted by Gasteiger charge is 2.37. The Hall–Kier alpha value is -4.15. The fourth-order valence-corrected chi connectivity index (χ4v) is 4.12. The number of amides is 1. The minimum Gasteiger partial charge on any atom is -0.349 e. The normalized spacial score (nSPS) is 18.1. The van der Waals surface area contributed by atoms with Crippen molar-refractivity contribution in [2.45, 2.75) is 45.6 Å². The molecule has 0 unspecified atom stereocenters. The number of nitrogens with zero attached hydrogens (tertiary/aromatic N) is 6. The van der Waals surface area contributed by atoms with Gasteiger partial charge in [-0.2, -0.15) is 10.2 Å². The molecule has 0 saturated heterocycles. The van der Waals surface area contributed by atoms with E-state index in [2.05, 4.69) is 40.9 Å². The number of aryl methyl sites for hydroxylation is 2. The summed E-state index contributed by atoms with van der Waals surface area (Å²) >= 11 is 0. The largest absolute Gasteiger partial charge is 0.349 e. The molecule has 0 radical (unpaired) electrons. The molecule has 1 saturated carbocycles. The van der Waals surface area contributed by atoms with Crippen LogP contribution in [0.15, 0.2) is 42.9 Å². The van der Waals surface area contributed by atoms with E-state index in [0.717, 1.165) is 29.0 Å². The average Bonchev–Trinajstić information content (AvgIpc) is 3.40. The van der Waals surface area contributed by atoms with Gasteiger partial charge in [0.25, 0.3) is 0 Å². The van der Waals surface area contributed by atoms with Gasteiger partial charge in [-0.15, -0.1) is 0 Å². The van der Waals surface area contributed by atoms with Gasteiger partial charge in [0.15, 0.2) is 17.5 Å². The first kappa shape index (κ1) is 22.6. The Morgan fingerprint density at radius 2 is 2.00 bits per heavy atom. The molecule has 1 amide bonds. The first-order valence-electron chi connectivity index (χ1n) is 11.5. The number of hydrogen-bond acceptors (Lipinski definition) is 7. The average molecular weight is 476 g/mol. The number of hydrogen-bond donors (Lipinski definition) is 3. The SMILES string of the molecule is Cc1cc(Nc2cc(C)[nH]n2)nc([C@H]2C[C@H](C(=O)N[C@H](C)c3ccc(-n4cc(F)cn4)nc3)C2)n1. The van der Waals surface area contributed by atoms with Crippen molar-refractivity contribution in [3.8, 4) is 5.82 Å². The van der Waals surface area contributed by atoms with E-state index in [1.165, 1.54) is 10.9 Å². The topological polar surface area (TPSA) is 126 Å². The van der Waals surface area contributed by atoms with Crippen molar-refractivity contribution in [2.24, 2.45) is 5.92 Å². The maximum Gasteiger partial charge on any atom is 0.223 e. The molecular weight excluding hydrogens is 449 g/mol. The van der Waals surface area contributed by atoms with Gasteiger partial charge in [0.2, 0.25) is 5.91 Å². The summed E-state index contributed by atoms with van der Waals surface area (Å²) in [7, 11) is 0. The zero-order chi connectivity index (χ0) is 24.5. The number of carbonyl (C=O) groups is 1. The van der Waals surface area contributed by atoms with Crippen molar-refractivity contribution in [3.05, 3.63) is 71.4 Å². The van der Waals surface area contributed by atoms with E-state index in [-0.39, 0.29) is 23.8 Å². The minimum absolute atomic E-state index is 0.00460.